The number of rotatable bonds is 5. The van der Waals surface area contributed by atoms with Crippen LogP contribution in [0.2, 0.25) is 0 Å². The van der Waals surface area contributed by atoms with E-state index in [1.165, 1.54) is 11.3 Å². The van der Waals surface area contributed by atoms with Gasteiger partial charge in [0.15, 0.2) is 5.82 Å². The molecule has 5 nitrogen and oxygen atoms in total. The molecule has 0 atom stereocenters. The predicted molar refractivity (Wildman–Crippen MR) is 62.2 cm³/mol. The highest BCUT2D eigenvalue weighted by Gasteiger charge is 2.12. The van der Waals surface area contributed by atoms with Crippen molar-refractivity contribution < 1.29 is 9.26 Å². The summed E-state index contributed by atoms with van der Waals surface area (Å²) in [5.74, 6) is 1.12. The molecule has 16 heavy (non-hydrogen) atoms. The molecule has 0 amide bonds. The van der Waals surface area contributed by atoms with Crippen LogP contribution in [0.4, 0.5) is 5.00 Å². The Balaban J connectivity index is 2.05. The van der Waals surface area contributed by atoms with Gasteiger partial charge in [-0.3, -0.25) is 0 Å². The summed E-state index contributed by atoms with van der Waals surface area (Å²) in [6.07, 6.45) is 0.654. The van der Waals surface area contributed by atoms with Crippen LogP contribution >= 0.6 is 11.3 Å². The quantitative estimate of drug-likeness (QED) is 0.807. The minimum atomic E-state index is 0.477. The number of nitrogens with two attached hydrogens (primary N) is 1. The number of ether oxygens (including phenoxy) is 1. The predicted octanol–water partition coefficient (Wildman–Crippen LogP) is 1.96. The summed E-state index contributed by atoms with van der Waals surface area (Å²) in [4.78, 5) is 4.25. The molecule has 2 heterocycles. The van der Waals surface area contributed by atoms with Crippen LogP contribution in [0.3, 0.4) is 0 Å². The average molecular weight is 239 g/mol. The normalized spacial score (nSPS) is 10.8. The van der Waals surface area contributed by atoms with Crippen LogP contribution in [0, 0.1) is 0 Å². The largest absolute Gasteiger partial charge is 0.390 e. The lowest BCUT2D eigenvalue weighted by Crippen LogP contribution is -1.99. The standard InChI is InChI=1S/C10H13N3O2S/c1-2-14-5-3-8-12-10(15-13-8)7-4-6-16-9(7)11/h4,6H,2-3,5,11H2,1H3. The number of anilines is 1. The molecule has 0 unspecified atom stereocenters. The van der Waals surface area contributed by atoms with Gasteiger partial charge in [0.1, 0.15) is 0 Å². The fourth-order valence-corrected chi connectivity index (χ4v) is 1.90. The summed E-state index contributed by atoms with van der Waals surface area (Å²) in [6, 6.07) is 1.87. The molecule has 0 fully saturated rings. The molecule has 0 bridgehead atoms. The van der Waals surface area contributed by atoms with E-state index in [4.69, 9.17) is 15.0 Å². The maximum absolute atomic E-state index is 5.77. The molecule has 6 heteroatoms. The van der Waals surface area contributed by atoms with Gasteiger partial charge >= 0.3 is 0 Å². The molecule has 86 valence electrons. The zero-order valence-electron chi connectivity index (χ0n) is 8.97. The monoisotopic (exact) mass is 239 g/mol. The number of aromatic nitrogens is 2. The highest BCUT2D eigenvalue weighted by Crippen LogP contribution is 2.28. The Morgan fingerprint density at radius 2 is 2.44 bits per heavy atom. The first-order chi connectivity index (χ1) is 7.81. The fraction of sp³-hybridized carbons (Fsp3) is 0.400. The van der Waals surface area contributed by atoms with Crippen molar-refractivity contribution >= 4 is 16.3 Å². The SMILES string of the molecule is CCOCCc1noc(-c2ccsc2N)n1. The first-order valence-corrected chi connectivity index (χ1v) is 5.93. The van der Waals surface area contributed by atoms with E-state index in [1.807, 2.05) is 18.4 Å². The molecule has 2 aromatic heterocycles. The van der Waals surface area contributed by atoms with Gasteiger partial charge in [0, 0.05) is 13.0 Å². The van der Waals surface area contributed by atoms with Gasteiger partial charge in [0.25, 0.3) is 5.89 Å². The van der Waals surface area contributed by atoms with Gasteiger partial charge in [-0.15, -0.1) is 11.3 Å². The van der Waals surface area contributed by atoms with E-state index >= 15 is 0 Å². The molecule has 0 aliphatic rings. The fourth-order valence-electron chi connectivity index (χ4n) is 1.27. The smallest absolute Gasteiger partial charge is 0.260 e. The summed E-state index contributed by atoms with van der Waals surface area (Å²) in [5, 5.41) is 6.46. The highest BCUT2D eigenvalue weighted by atomic mass is 32.1. The third-order valence-corrected chi connectivity index (χ3v) is 2.81. The van der Waals surface area contributed by atoms with Crippen LogP contribution in [-0.2, 0) is 11.2 Å². The molecule has 0 saturated carbocycles. The van der Waals surface area contributed by atoms with Crippen LogP contribution in [0.15, 0.2) is 16.0 Å². The van der Waals surface area contributed by atoms with Crippen LogP contribution in [-0.4, -0.2) is 23.4 Å². The average Bonchev–Trinajstić information content (AvgIpc) is 2.87. The van der Waals surface area contributed by atoms with Crippen molar-refractivity contribution in [2.24, 2.45) is 0 Å². The molecule has 2 N–H and O–H groups in total. The highest BCUT2D eigenvalue weighted by molar-refractivity contribution is 7.14. The van der Waals surface area contributed by atoms with Crippen molar-refractivity contribution in [2.45, 2.75) is 13.3 Å². The van der Waals surface area contributed by atoms with Crippen LogP contribution < -0.4 is 5.73 Å². The maximum Gasteiger partial charge on any atom is 0.260 e. The summed E-state index contributed by atoms with van der Waals surface area (Å²) in [7, 11) is 0. The Hall–Kier alpha value is -1.40. The molecule has 0 radical (unpaired) electrons. The van der Waals surface area contributed by atoms with Crippen molar-refractivity contribution in [3.63, 3.8) is 0 Å². The van der Waals surface area contributed by atoms with E-state index in [0.717, 1.165) is 5.56 Å². The Morgan fingerprint density at radius 3 is 3.12 bits per heavy atom. The van der Waals surface area contributed by atoms with Crippen molar-refractivity contribution in [3.05, 3.63) is 17.3 Å². The zero-order valence-corrected chi connectivity index (χ0v) is 9.79. The number of hydrogen-bond donors (Lipinski definition) is 1. The summed E-state index contributed by atoms with van der Waals surface area (Å²) in [6.45, 7) is 3.25. The third-order valence-electron chi connectivity index (χ3n) is 2.07. The number of nitrogens with zero attached hydrogens (tertiary/aromatic N) is 2. The van der Waals surface area contributed by atoms with Crippen LogP contribution in [0.5, 0.6) is 0 Å². The van der Waals surface area contributed by atoms with Crippen LogP contribution in [0.1, 0.15) is 12.7 Å². The molecule has 0 spiro atoms. The van der Waals surface area contributed by atoms with Crippen molar-refractivity contribution in [2.75, 3.05) is 18.9 Å². The van der Waals surface area contributed by atoms with Gasteiger partial charge in [-0.1, -0.05) is 5.16 Å². The van der Waals surface area contributed by atoms with Gasteiger partial charge in [0.2, 0.25) is 0 Å². The lowest BCUT2D eigenvalue weighted by molar-refractivity contribution is 0.149. The Labute approximate surface area is 97.2 Å². The molecule has 0 aliphatic carbocycles. The minimum Gasteiger partial charge on any atom is -0.390 e. The maximum atomic E-state index is 5.77. The topological polar surface area (TPSA) is 74.2 Å². The lowest BCUT2D eigenvalue weighted by Gasteiger charge is -1.94. The third kappa shape index (κ3) is 2.40. The second-order valence-corrected chi connectivity index (χ2v) is 4.11. The zero-order chi connectivity index (χ0) is 11.4. The molecule has 2 rings (SSSR count). The molecule has 0 aliphatic heterocycles. The first-order valence-electron chi connectivity index (χ1n) is 5.05. The second kappa shape index (κ2) is 5.09. The molecule has 2 aromatic rings. The van der Waals surface area contributed by atoms with Gasteiger partial charge in [-0.2, -0.15) is 4.98 Å². The second-order valence-electron chi connectivity index (χ2n) is 3.16. The van der Waals surface area contributed by atoms with Crippen molar-refractivity contribution in [3.8, 4) is 11.5 Å². The van der Waals surface area contributed by atoms with Gasteiger partial charge in [0.05, 0.1) is 17.2 Å². The molecule has 0 saturated heterocycles. The van der Waals surface area contributed by atoms with Crippen LogP contribution in [0.25, 0.3) is 11.5 Å². The van der Waals surface area contributed by atoms with E-state index in [2.05, 4.69) is 10.1 Å². The van der Waals surface area contributed by atoms with Gasteiger partial charge < -0.3 is 15.0 Å². The van der Waals surface area contributed by atoms with E-state index in [0.29, 0.717) is 36.4 Å². The Morgan fingerprint density at radius 1 is 1.56 bits per heavy atom. The van der Waals surface area contributed by atoms with E-state index in [9.17, 15) is 0 Å². The van der Waals surface area contributed by atoms with E-state index < -0.39 is 0 Å². The number of nitrogen functional groups attached to an aromatic ring is 1. The number of thiophene rings is 1. The van der Waals surface area contributed by atoms with Gasteiger partial charge in [-0.25, -0.2) is 0 Å². The Kier molecular flexibility index (Phi) is 3.53. The first kappa shape index (κ1) is 11.1. The summed E-state index contributed by atoms with van der Waals surface area (Å²) in [5.41, 5.74) is 6.58. The van der Waals surface area contributed by atoms with Crippen molar-refractivity contribution in [1.82, 2.24) is 10.1 Å². The molecule has 0 aromatic carbocycles. The summed E-state index contributed by atoms with van der Waals surface area (Å²) < 4.78 is 10.3. The molecular formula is C10H13N3O2S. The molecular weight excluding hydrogens is 226 g/mol. The van der Waals surface area contributed by atoms with Crippen molar-refractivity contribution in [1.29, 1.82) is 0 Å². The van der Waals surface area contributed by atoms with Gasteiger partial charge in [-0.05, 0) is 18.4 Å². The van der Waals surface area contributed by atoms with E-state index in [-0.39, 0.29) is 0 Å². The minimum absolute atomic E-state index is 0.477. The lowest BCUT2D eigenvalue weighted by atomic mass is 10.3. The summed E-state index contributed by atoms with van der Waals surface area (Å²) >= 11 is 1.46. The Bertz CT molecular complexity index is 452. The van der Waals surface area contributed by atoms with E-state index in [1.54, 1.807) is 0 Å². The number of hydrogen-bond acceptors (Lipinski definition) is 6.